The summed E-state index contributed by atoms with van der Waals surface area (Å²) in [7, 11) is 0. The summed E-state index contributed by atoms with van der Waals surface area (Å²) < 4.78 is 4.25. The van der Waals surface area contributed by atoms with Gasteiger partial charge in [0.2, 0.25) is 0 Å². The molecule has 11 rings (SSSR count). The van der Waals surface area contributed by atoms with Gasteiger partial charge >= 0.3 is 0 Å². The number of benzene rings is 9. The highest BCUT2D eigenvalue weighted by Gasteiger charge is 2.25. The van der Waals surface area contributed by atoms with E-state index in [0.29, 0.717) is 55.9 Å². The quantitative estimate of drug-likeness (QED) is 0.157. The number of nitrogens with zero attached hydrogens (tertiary/aromatic N) is 10. The topological polar surface area (TPSA) is 200 Å². The summed E-state index contributed by atoms with van der Waals surface area (Å²) in [5, 5.41) is 87.5. The van der Waals surface area contributed by atoms with E-state index in [1.165, 1.54) is 0 Å². The highest BCUT2D eigenvalue weighted by Crippen LogP contribution is 2.45. The fraction of sp³-hybridized carbons (Fsp3) is 0. The number of fused-ring (bicyclic) bond motifs is 7. The van der Waals surface area contributed by atoms with Crippen LogP contribution in [0.5, 0.6) is 0 Å². The van der Waals surface area contributed by atoms with Crippen LogP contribution in [-0.4, -0.2) is 9.13 Å². The Hall–Kier alpha value is -11.5. The molecule has 0 fully saturated rings. The lowest BCUT2D eigenvalue weighted by Gasteiger charge is -2.18. The van der Waals surface area contributed by atoms with Crippen LogP contribution in [0.15, 0.2) is 170 Å². The summed E-state index contributed by atoms with van der Waals surface area (Å²) in [6.07, 6.45) is 0. The molecule has 0 N–H and O–H groups in total. The first-order chi connectivity index (χ1) is 35.4. The SMILES string of the molecule is N#Cc1cccc(C#N)c1-c1cc(-c2c(C#N)cccc2C#N)cc(-n2c3ccccc3c3ccc4c5ccccc5n(-c5cc(-c6c(C#N)cccc6C#N)cc(-c6c(C#N)cccc6C#N)c5)c4c32)c1. The molecule has 0 unspecified atom stereocenters. The summed E-state index contributed by atoms with van der Waals surface area (Å²) >= 11 is 0. The van der Waals surface area contributed by atoms with Crippen LogP contribution in [0.1, 0.15) is 44.5 Å². The van der Waals surface area contributed by atoms with Crippen LogP contribution in [0.3, 0.4) is 0 Å². The first-order valence-corrected chi connectivity index (χ1v) is 22.4. The predicted octanol–water partition coefficient (Wildman–Crippen LogP) is 13.5. The van der Waals surface area contributed by atoms with E-state index in [9.17, 15) is 42.1 Å². The zero-order valence-electron chi connectivity index (χ0n) is 37.6. The van der Waals surface area contributed by atoms with Crippen molar-refractivity contribution in [2.24, 2.45) is 0 Å². The summed E-state index contributed by atoms with van der Waals surface area (Å²) in [6, 6.07) is 69.5. The van der Waals surface area contributed by atoms with Gasteiger partial charge in [0.15, 0.2) is 0 Å². The first kappa shape index (κ1) is 43.1. The number of para-hydroxylation sites is 2. The van der Waals surface area contributed by atoms with Crippen LogP contribution in [0.25, 0.3) is 99.5 Å². The van der Waals surface area contributed by atoms with Gasteiger partial charge in [0, 0.05) is 55.2 Å². The molecule has 0 radical (unpaired) electrons. The van der Waals surface area contributed by atoms with E-state index in [0.717, 1.165) is 43.6 Å². The monoisotopic (exact) mass is 912 g/mol. The van der Waals surface area contributed by atoms with Gasteiger partial charge in [-0.3, -0.25) is 0 Å². The van der Waals surface area contributed by atoms with Crippen molar-refractivity contribution in [3.8, 4) is 104 Å². The van der Waals surface area contributed by atoms with Crippen molar-refractivity contribution in [2.45, 2.75) is 0 Å². The molecule has 2 heterocycles. The van der Waals surface area contributed by atoms with E-state index in [1.54, 1.807) is 72.8 Å². The second-order valence-corrected chi connectivity index (χ2v) is 16.9. The van der Waals surface area contributed by atoms with Crippen LogP contribution in [-0.2, 0) is 0 Å². The van der Waals surface area contributed by atoms with Crippen molar-refractivity contribution < 1.29 is 0 Å². The van der Waals surface area contributed by atoms with Crippen molar-refractivity contribution in [3.63, 3.8) is 0 Å². The Morgan fingerprint density at radius 3 is 0.750 bits per heavy atom. The molecule has 10 nitrogen and oxygen atoms in total. The van der Waals surface area contributed by atoms with Crippen molar-refractivity contribution >= 4 is 43.6 Å². The van der Waals surface area contributed by atoms with Crippen molar-refractivity contribution in [1.29, 1.82) is 42.1 Å². The Morgan fingerprint density at radius 2 is 0.500 bits per heavy atom. The van der Waals surface area contributed by atoms with Crippen LogP contribution in [0.2, 0.25) is 0 Å². The molecule has 9 aromatic carbocycles. The van der Waals surface area contributed by atoms with Crippen LogP contribution >= 0.6 is 0 Å². The van der Waals surface area contributed by atoms with Gasteiger partial charge in [-0.1, -0.05) is 72.8 Å². The lowest BCUT2D eigenvalue weighted by atomic mass is 9.89. The average molecular weight is 913 g/mol. The molecule has 0 atom stereocenters. The Morgan fingerprint density at radius 1 is 0.250 bits per heavy atom. The molecule has 72 heavy (non-hydrogen) atoms. The smallest absolute Gasteiger partial charge is 0.0998 e. The Labute approximate surface area is 411 Å². The van der Waals surface area contributed by atoms with Crippen LogP contribution in [0, 0.1) is 90.6 Å². The Bertz CT molecular complexity index is 3960. The molecule has 0 saturated heterocycles. The second-order valence-electron chi connectivity index (χ2n) is 16.9. The van der Waals surface area contributed by atoms with Crippen LogP contribution < -0.4 is 0 Å². The van der Waals surface area contributed by atoms with E-state index in [1.807, 2.05) is 84.9 Å². The maximum atomic E-state index is 10.5. The molecule has 0 saturated carbocycles. The van der Waals surface area contributed by atoms with Crippen molar-refractivity contribution in [3.05, 3.63) is 214 Å². The van der Waals surface area contributed by atoms with Gasteiger partial charge in [0.25, 0.3) is 0 Å². The maximum Gasteiger partial charge on any atom is 0.0998 e. The molecule has 0 bridgehead atoms. The van der Waals surface area contributed by atoms with Gasteiger partial charge in [-0.25, -0.2) is 0 Å². The third kappa shape index (κ3) is 6.58. The maximum absolute atomic E-state index is 10.5. The minimum atomic E-state index is 0.265. The number of hydrogen-bond acceptors (Lipinski definition) is 8. The van der Waals surface area contributed by atoms with Gasteiger partial charge in [-0.05, 0) is 119 Å². The van der Waals surface area contributed by atoms with E-state index >= 15 is 0 Å². The van der Waals surface area contributed by atoms with Gasteiger partial charge in [0.05, 0.1) is 115 Å². The highest BCUT2D eigenvalue weighted by atomic mass is 15.0. The molecule has 0 amide bonds. The van der Waals surface area contributed by atoms with Gasteiger partial charge in [-0.2, -0.15) is 42.1 Å². The number of nitriles is 8. The second kappa shape index (κ2) is 17.3. The zero-order chi connectivity index (χ0) is 49.6. The molecule has 0 spiro atoms. The highest BCUT2D eigenvalue weighted by molar-refractivity contribution is 6.24. The molecule has 0 aliphatic heterocycles. The lowest BCUT2D eigenvalue weighted by molar-refractivity contribution is 1.15. The Balaban J connectivity index is 1.35. The van der Waals surface area contributed by atoms with E-state index in [4.69, 9.17) is 0 Å². The molecular weight excluding hydrogens is 885 g/mol. The molecule has 10 heteroatoms. The third-order valence-electron chi connectivity index (χ3n) is 13.2. The summed E-state index contributed by atoms with van der Waals surface area (Å²) in [6.45, 7) is 0. The fourth-order valence-corrected chi connectivity index (χ4v) is 10.3. The molecular formula is C62H28N10. The normalized spacial score (nSPS) is 10.7. The van der Waals surface area contributed by atoms with Crippen molar-refractivity contribution in [2.75, 3.05) is 0 Å². The predicted molar refractivity (Wildman–Crippen MR) is 275 cm³/mol. The molecule has 0 aliphatic rings. The van der Waals surface area contributed by atoms with E-state index in [-0.39, 0.29) is 44.5 Å². The minimum Gasteiger partial charge on any atom is -0.307 e. The number of rotatable bonds is 6. The fourth-order valence-electron chi connectivity index (χ4n) is 10.3. The molecule has 326 valence electrons. The van der Waals surface area contributed by atoms with E-state index in [2.05, 4.69) is 69.8 Å². The standard InChI is InChI=1S/C62H28N10/c63-29-37-9-5-10-38(30-64)57(37)45-23-46(58-39(31-65)11-6-12-40(58)32-66)26-49(25-45)71-55-19-3-1-17-51(55)53-21-22-54-52-18-2-4-20-56(52)72(62(54)61(53)71)50-27-47(59-41(33-67)13-7-14-42(59)34-68)24-48(28-50)60-43(35-69)15-8-16-44(60)36-70/h1-28H. The Kier molecular flexibility index (Phi) is 10.4. The largest absolute Gasteiger partial charge is 0.307 e. The number of aromatic nitrogens is 2. The van der Waals surface area contributed by atoms with Gasteiger partial charge < -0.3 is 9.13 Å². The summed E-state index contributed by atoms with van der Waals surface area (Å²) in [5.41, 5.74) is 10.1. The third-order valence-corrected chi connectivity index (χ3v) is 13.2. The van der Waals surface area contributed by atoms with E-state index < -0.39 is 0 Å². The molecule has 11 aromatic rings. The summed E-state index contributed by atoms with van der Waals surface area (Å²) in [5.74, 6) is 0. The lowest BCUT2D eigenvalue weighted by Crippen LogP contribution is -2.02. The first-order valence-electron chi connectivity index (χ1n) is 22.4. The van der Waals surface area contributed by atoms with Gasteiger partial charge in [-0.15, -0.1) is 0 Å². The molecule has 2 aromatic heterocycles. The zero-order valence-corrected chi connectivity index (χ0v) is 37.6. The number of hydrogen-bond donors (Lipinski definition) is 0. The van der Waals surface area contributed by atoms with Gasteiger partial charge in [0.1, 0.15) is 0 Å². The average Bonchev–Trinajstić information content (AvgIpc) is 3.97. The molecule has 0 aliphatic carbocycles. The van der Waals surface area contributed by atoms with Crippen LogP contribution in [0.4, 0.5) is 0 Å². The van der Waals surface area contributed by atoms with Crippen molar-refractivity contribution in [1.82, 2.24) is 9.13 Å². The minimum absolute atomic E-state index is 0.265. The summed E-state index contributed by atoms with van der Waals surface area (Å²) in [4.78, 5) is 0.